The van der Waals surface area contributed by atoms with E-state index < -0.39 is 5.41 Å². The lowest BCUT2D eigenvalue weighted by Crippen LogP contribution is -2.43. The minimum Gasteiger partial charge on any atom is -0.307 e. The number of fused-ring (bicyclic) bond motifs is 2. The first-order valence-electron chi connectivity index (χ1n) is 12.4. The van der Waals surface area contributed by atoms with Crippen LogP contribution in [0, 0.1) is 6.92 Å². The summed E-state index contributed by atoms with van der Waals surface area (Å²) >= 11 is 3.73. The number of pyridine rings is 2. The summed E-state index contributed by atoms with van der Waals surface area (Å²) in [5, 5.41) is 2.38. The SMILES string of the molecule is Cc1c(Br)ccc2c1N(Cc1ccc3ccccc3c1)C(=O)C2(Cc1ccncc1)Cc1ccncc1. The molecule has 0 unspecified atom stereocenters. The number of halogens is 1. The highest BCUT2D eigenvalue weighted by Gasteiger charge is 2.51. The number of hydrogen-bond acceptors (Lipinski definition) is 3. The number of aromatic nitrogens is 2. The second kappa shape index (κ2) is 9.56. The maximum Gasteiger partial charge on any atom is 0.238 e. The van der Waals surface area contributed by atoms with Crippen LogP contribution in [0.3, 0.4) is 0 Å². The van der Waals surface area contributed by atoms with Crippen LogP contribution in [0.2, 0.25) is 0 Å². The molecule has 37 heavy (non-hydrogen) atoms. The molecule has 3 heterocycles. The van der Waals surface area contributed by atoms with Crippen molar-refractivity contribution in [1.82, 2.24) is 9.97 Å². The van der Waals surface area contributed by atoms with Gasteiger partial charge in [-0.2, -0.15) is 0 Å². The maximum absolute atomic E-state index is 14.7. The van der Waals surface area contributed by atoms with Gasteiger partial charge in [0, 0.05) is 29.3 Å². The molecular weight excluding hydrogens is 522 g/mol. The zero-order valence-corrected chi connectivity index (χ0v) is 22.2. The highest BCUT2D eigenvalue weighted by Crippen LogP contribution is 2.49. The van der Waals surface area contributed by atoms with Crippen molar-refractivity contribution in [2.24, 2.45) is 0 Å². The lowest BCUT2D eigenvalue weighted by Gasteiger charge is -2.29. The number of amides is 1. The third-order valence-electron chi connectivity index (χ3n) is 7.47. The first kappa shape index (κ1) is 23.6. The van der Waals surface area contributed by atoms with Gasteiger partial charge in [-0.3, -0.25) is 14.8 Å². The minimum atomic E-state index is -0.736. The lowest BCUT2D eigenvalue weighted by atomic mass is 9.72. The third-order valence-corrected chi connectivity index (χ3v) is 8.33. The molecule has 0 saturated carbocycles. The van der Waals surface area contributed by atoms with Gasteiger partial charge in [-0.1, -0.05) is 58.4 Å². The standard InChI is InChI=1S/C32H26BrN3O/c1-22-29(33)9-8-28-30(22)36(21-25-6-7-26-4-2-3-5-27(26)18-25)31(37)32(28,19-23-10-14-34-15-11-23)20-24-12-16-35-17-13-24/h2-18H,19-21H2,1H3. The highest BCUT2D eigenvalue weighted by atomic mass is 79.9. The number of nitrogens with zero attached hydrogens (tertiary/aromatic N) is 3. The van der Waals surface area contributed by atoms with Crippen LogP contribution in [0.5, 0.6) is 0 Å². The molecule has 1 amide bonds. The summed E-state index contributed by atoms with van der Waals surface area (Å²) in [7, 11) is 0. The smallest absolute Gasteiger partial charge is 0.238 e. The van der Waals surface area contributed by atoms with Crippen LogP contribution < -0.4 is 4.90 Å². The Morgan fingerprint density at radius 1 is 0.757 bits per heavy atom. The molecule has 6 rings (SSSR count). The highest BCUT2D eigenvalue weighted by molar-refractivity contribution is 9.10. The van der Waals surface area contributed by atoms with E-state index in [0.29, 0.717) is 19.4 Å². The third kappa shape index (κ3) is 4.23. The molecule has 0 radical (unpaired) electrons. The molecule has 1 aliphatic rings. The fourth-order valence-electron chi connectivity index (χ4n) is 5.66. The van der Waals surface area contributed by atoms with E-state index in [-0.39, 0.29) is 5.91 Å². The quantitative estimate of drug-likeness (QED) is 0.230. The molecular formula is C32H26BrN3O. The van der Waals surface area contributed by atoms with Gasteiger partial charge < -0.3 is 4.90 Å². The molecule has 0 atom stereocenters. The van der Waals surface area contributed by atoms with Crippen molar-refractivity contribution >= 4 is 38.3 Å². The van der Waals surface area contributed by atoms with E-state index in [1.807, 2.05) is 29.2 Å². The largest absolute Gasteiger partial charge is 0.307 e. The van der Waals surface area contributed by atoms with Gasteiger partial charge >= 0.3 is 0 Å². The predicted molar refractivity (Wildman–Crippen MR) is 152 cm³/mol. The van der Waals surface area contributed by atoms with Gasteiger partial charge in [-0.25, -0.2) is 0 Å². The summed E-state index contributed by atoms with van der Waals surface area (Å²) in [4.78, 5) is 25.1. The number of anilines is 1. The van der Waals surface area contributed by atoms with E-state index in [9.17, 15) is 4.79 Å². The first-order valence-corrected chi connectivity index (χ1v) is 13.2. The van der Waals surface area contributed by atoms with E-state index in [1.165, 1.54) is 10.8 Å². The van der Waals surface area contributed by atoms with Crippen LogP contribution in [0.25, 0.3) is 10.8 Å². The van der Waals surface area contributed by atoms with Gasteiger partial charge in [0.2, 0.25) is 5.91 Å². The molecule has 0 spiro atoms. The number of benzene rings is 3. The maximum atomic E-state index is 14.7. The van der Waals surface area contributed by atoms with E-state index in [2.05, 4.69) is 87.4 Å². The molecule has 182 valence electrons. The van der Waals surface area contributed by atoms with E-state index in [4.69, 9.17) is 0 Å². The molecule has 0 N–H and O–H groups in total. The molecule has 4 nitrogen and oxygen atoms in total. The van der Waals surface area contributed by atoms with E-state index in [1.54, 1.807) is 24.8 Å². The summed E-state index contributed by atoms with van der Waals surface area (Å²) in [5.41, 5.74) is 5.73. The van der Waals surface area contributed by atoms with Crippen LogP contribution in [0.15, 0.2) is 108 Å². The molecule has 5 heteroatoms. The topological polar surface area (TPSA) is 46.1 Å². The van der Waals surface area contributed by atoms with Crippen LogP contribution in [0.1, 0.15) is 27.8 Å². The van der Waals surface area contributed by atoms with Crippen molar-refractivity contribution in [3.63, 3.8) is 0 Å². The van der Waals surface area contributed by atoms with Gasteiger partial charge in [0.05, 0.1) is 17.6 Å². The average Bonchev–Trinajstić information content (AvgIpc) is 3.14. The lowest BCUT2D eigenvalue weighted by molar-refractivity contribution is -0.123. The van der Waals surface area contributed by atoms with E-state index in [0.717, 1.165) is 38.0 Å². The summed E-state index contributed by atoms with van der Waals surface area (Å²) < 4.78 is 1.01. The molecule has 0 fully saturated rings. The van der Waals surface area contributed by atoms with Crippen molar-refractivity contribution in [3.05, 3.63) is 136 Å². The van der Waals surface area contributed by atoms with E-state index >= 15 is 0 Å². The second-order valence-corrected chi connectivity index (χ2v) is 10.6. The van der Waals surface area contributed by atoms with Gasteiger partial charge in [0.15, 0.2) is 0 Å². The second-order valence-electron chi connectivity index (χ2n) is 9.79. The van der Waals surface area contributed by atoms with Crippen molar-refractivity contribution < 1.29 is 4.79 Å². The zero-order chi connectivity index (χ0) is 25.4. The van der Waals surface area contributed by atoms with Crippen LogP contribution in [0.4, 0.5) is 5.69 Å². The summed E-state index contributed by atoms with van der Waals surface area (Å²) in [6, 6.07) is 27.1. The number of rotatable bonds is 6. The first-order chi connectivity index (χ1) is 18.0. The predicted octanol–water partition coefficient (Wildman–Crippen LogP) is 6.97. The Kier molecular flexibility index (Phi) is 6.09. The van der Waals surface area contributed by atoms with Crippen LogP contribution >= 0.6 is 15.9 Å². The Morgan fingerprint density at radius 3 is 2.03 bits per heavy atom. The fourth-order valence-corrected chi connectivity index (χ4v) is 5.98. The fraction of sp³-hybridized carbons (Fsp3) is 0.156. The molecule has 3 aromatic carbocycles. The summed E-state index contributed by atoms with van der Waals surface area (Å²) in [6.07, 6.45) is 8.40. The van der Waals surface area contributed by atoms with Crippen molar-refractivity contribution in [1.29, 1.82) is 0 Å². The Labute approximate surface area is 225 Å². The monoisotopic (exact) mass is 547 g/mol. The summed E-state index contributed by atoms with van der Waals surface area (Å²) in [6.45, 7) is 2.61. The van der Waals surface area contributed by atoms with Gasteiger partial charge in [0.25, 0.3) is 0 Å². The Hall–Kier alpha value is -3.83. The molecule has 0 aliphatic carbocycles. The van der Waals surface area contributed by atoms with Gasteiger partial charge in [-0.15, -0.1) is 0 Å². The summed E-state index contributed by atoms with van der Waals surface area (Å²) in [5.74, 6) is 0.130. The van der Waals surface area contributed by atoms with Gasteiger partial charge in [0.1, 0.15) is 0 Å². The van der Waals surface area contributed by atoms with Crippen molar-refractivity contribution in [3.8, 4) is 0 Å². The Bertz CT molecular complexity index is 1560. The molecule has 1 aliphatic heterocycles. The Balaban J connectivity index is 1.50. The molecule has 0 bridgehead atoms. The molecule has 2 aromatic heterocycles. The van der Waals surface area contributed by atoms with Gasteiger partial charge in [-0.05, 0) is 94.8 Å². The van der Waals surface area contributed by atoms with Crippen molar-refractivity contribution in [2.75, 3.05) is 4.90 Å². The van der Waals surface area contributed by atoms with Crippen LogP contribution in [-0.2, 0) is 29.6 Å². The average molecular weight is 548 g/mol. The minimum absolute atomic E-state index is 0.130. The normalized spacial score (nSPS) is 14.2. The molecule has 0 saturated heterocycles. The number of hydrogen-bond donors (Lipinski definition) is 0. The van der Waals surface area contributed by atoms with Crippen LogP contribution in [-0.4, -0.2) is 15.9 Å². The molecule has 5 aromatic rings. The number of carbonyl (C=O) groups excluding carboxylic acids is 1. The van der Waals surface area contributed by atoms with Crippen molar-refractivity contribution in [2.45, 2.75) is 31.7 Å². The Morgan fingerprint density at radius 2 is 1.38 bits per heavy atom. The number of carbonyl (C=O) groups is 1. The zero-order valence-electron chi connectivity index (χ0n) is 20.6.